The first kappa shape index (κ1) is 19.4. The molecule has 0 aliphatic heterocycles. The number of aromatic amines is 1. The fourth-order valence-electron chi connectivity index (χ4n) is 2.80. The van der Waals surface area contributed by atoms with Gasteiger partial charge in [-0.25, -0.2) is 9.59 Å². The molecule has 0 aliphatic carbocycles. The zero-order chi connectivity index (χ0) is 19.6. The molecule has 26 heavy (non-hydrogen) atoms. The Morgan fingerprint density at radius 2 is 1.81 bits per heavy atom. The van der Waals surface area contributed by atoms with Crippen LogP contribution in [0.2, 0.25) is 0 Å². The van der Waals surface area contributed by atoms with Crippen LogP contribution in [0.25, 0.3) is 0 Å². The van der Waals surface area contributed by atoms with E-state index in [9.17, 15) is 14.4 Å². The predicted molar refractivity (Wildman–Crippen MR) is 91.4 cm³/mol. The second-order valence-electron chi connectivity index (χ2n) is 5.94. The minimum absolute atomic E-state index is 0.209. The Bertz CT molecular complexity index is 861. The number of nitrogens with zero attached hydrogens (tertiary/aromatic N) is 1. The molecule has 1 N–H and O–H groups in total. The van der Waals surface area contributed by atoms with Crippen LogP contribution in [0.5, 0.6) is 0 Å². The monoisotopic (exact) mass is 362 g/mol. The topological polar surface area (TPSA) is 111 Å². The zero-order valence-corrected chi connectivity index (χ0v) is 15.7. The molecule has 2 heterocycles. The van der Waals surface area contributed by atoms with Gasteiger partial charge in [-0.2, -0.15) is 0 Å². The summed E-state index contributed by atoms with van der Waals surface area (Å²) in [6.45, 7) is 8.22. The molecule has 0 amide bonds. The fourth-order valence-corrected chi connectivity index (χ4v) is 2.80. The second kappa shape index (κ2) is 7.55. The highest BCUT2D eigenvalue weighted by molar-refractivity contribution is 6.04. The van der Waals surface area contributed by atoms with Gasteiger partial charge >= 0.3 is 11.9 Å². The number of hydrogen-bond donors (Lipinski definition) is 1. The number of carbonyl (C=O) groups is 3. The molecule has 2 rings (SSSR count). The maximum atomic E-state index is 12.7. The van der Waals surface area contributed by atoms with E-state index in [0.29, 0.717) is 34.7 Å². The molecule has 140 valence electrons. The lowest BCUT2D eigenvalue weighted by Gasteiger charge is -2.12. The van der Waals surface area contributed by atoms with E-state index in [1.165, 1.54) is 14.0 Å². The van der Waals surface area contributed by atoms with Crippen molar-refractivity contribution in [2.75, 3.05) is 7.11 Å². The van der Waals surface area contributed by atoms with Gasteiger partial charge in [-0.1, -0.05) is 12.1 Å². The first-order chi connectivity index (χ1) is 12.2. The molecule has 0 unspecified atom stereocenters. The van der Waals surface area contributed by atoms with Crippen LogP contribution in [0, 0.1) is 20.8 Å². The highest BCUT2D eigenvalue weighted by Gasteiger charge is 2.29. The number of Topliss-reactive ketones (excluding diaryl/α,β-unsaturated/α-hetero) is 1. The molecule has 8 heteroatoms. The molecule has 0 aromatic carbocycles. The Kier molecular flexibility index (Phi) is 5.64. The van der Waals surface area contributed by atoms with Crippen LogP contribution in [0.15, 0.2) is 4.52 Å². The first-order valence-corrected chi connectivity index (χ1v) is 8.20. The number of methoxy groups -OCH3 is 1. The smallest absolute Gasteiger partial charge is 0.344 e. The Balaban J connectivity index is 2.24. The molecule has 0 saturated heterocycles. The quantitative estimate of drug-likeness (QED) is 0.621. The van der Waals surface area contributed by atoms with E-state index >= 15 is 0 Å². The molecule has 8 nitrogen and oxygen atoms in total. The van der Waals surface area contributed by atoms with Crippen molar-refractivity contribution in [3.8, 4) is 0 Å². The number of esters is 2. The lowest BCUT2D eigenvalue weighted by atomic mass is 10.1. The Morgan fingerprint density at radius 1 is 1.15 bits per heavy atom. The second-order valence-corrected chi connectivity index (χ2v) is 5.94. The van der Waals surface area contributed by atoms with Crippen LogP contribution >= 0.6 is 0 Å². The van der Waals surface area contributed by atoms with E-state index in [1.807, 2.05) is 6.92 Å². The van der Waals surface area contributed by atoms with Crippen LogP contribution in [0.1, 0.15) is 67.8 Å². The summed E-state index contributed by atoms with van der Waals surface area (Å²) in [5.74, 6) is -1.31. The van der Waals surface area contributed by atoms with Gasteiger partial charge in [-0.05, 0) is 39.7 Å². The summed E-state index contributed by atoms with van der Waals surface area (Å²) in [6.07, 6.45) is -0.551. The van der Waals surface area contributed by atoms with Crippen LogP contribution in [0.3, 0.4) is 0 Å². The minimum atomic E-state index is -1.05. The van der Waals surface area contributed by atoms with Crippen molar-refractivity contribution in [3.05, 3.63) is 39.5 Å². The highest BCUT2D eigenvalue weighted by Crippen LogP contribution is 2.22. The molecular formula is C18H22N2O6. The average Bonchev–Trinajstić information content (AvgIpc) is 3.12. The third kappa shape index (κ3) is 3.40. The molecule has 0 radical (unpaired) electrons. The van der Waals surface area contributed by atoms with Crippen molar-refractivity contribution in [3.63, 3.8) is 0 Å². The summed E-state index contributed by atoms with van der Waals surface area (Å²) < 4.78 is 15.0. The minimum Gasteiger partial charge on any atom is -0.465 e. The molecule has 1 atom stereocenters. The maximum absolute atomic E-state index is 12.7. The van der Waals surface area contributed by atoms with E-state index in [1.54, 1.807) is 20.8 Å². The van der Waals surface area contributed by atoms with Gasteiger partial charge in [0.1, 0.15) is 11.3 Å². The summed E-state index contributed by atoms with van der Waals surface area (Å²) in [4.78, 5) is 39.8. The summed E-state index contributed by atoms with van der Waals surface area (Å²) in [5, 5.41) is 3.81. The van der Waals surface area contributed by atoms with Crippen molar-refractivity contribution in [2.24, 2.45) is 0 Å². The standard InChI is InChI=1S/C18H22N2O6/c1-7-12-14(10(4)26-20-12)18(23)25-11(5)16(21)15-8(2)13(9(3)19-15)17(22)24-6/h11,19H,7H2,1-6H3/t11-/m0/s1. The largest absolute Gasteiger partial charge is 0.465 e. The van der Waals surface area contributed by atoms with Crippen molar-refractivity contribution < 1.29 is 28.4 Å². The summed E-state index contributed by atoms with van der Waals surface area (Å²) in [7, 11) is 1.27. The van der Waals surface area contributed by atoms with Crippen molar-refractivity contribution in [1.29, 1.82) is 0 Å². The summed E-state index contributed by atoms with van der Waals surface area (Å²) in [6, 6.07) is 0. The third-order valence-electron chi connectivity index (χ3n) is 4.20. The van der Waals surface area contributed by atoms with E-state index in [-0.39, 0.29) is 11.3 Å². The van der Waals surface area contributed by atoms with Gasteiger partial charge in [0.2, 0.25) is 5.78 Å². The zero-order valence-electron chi connectivity index (χ0n) is 15.7. The summed E-state index contributed by atoms with van der Waals surface area (Å²) in [5.41, 5.74) is 2.20. The predicted octanol–water partition coefficient (Wildman–Crippen LogP) is 2.71. The van der Waals surface area contributed by atoms with E-state index in [2.05, 4.69) is 10.1 Å². The first-order valence-electron chi connectivity index (χ1n) is 8.20. The Hall–Kier alpha value is -2.90. The average molecular weight is 362 g/mol. The van der Waals surface area contributed by atoms with Crippen LogP contribution < -0.4 is 0 Å². The molecular weight excluding hydrogens is 340 g/mol. The van der Waals surface area contributed by atoms with Crippen molar-refractivity contribution >= 4 is 17.7 Å². The van der Waals surface area contributed by atoms with Crippen LogP contribution in [-0.4, -0.2) is 41.1 Å². The molecule has 0 fully saturated rings. The summed E-state index contributed by atoms with van der Waals surface area (Å²) >= 11 is 0. The van der Waals surface area contributed by atoms with Gasteiger partial charge in [0, 0.05) is 5.69 Å². The van der Waals surface area contributed by atoms with Gasteiger partial charge in [-0.15, -0.1) is 0 Å². The molecule has 2 aromatic heterocycles. The Morgan fingerprint density at radius 3 is 2.38 bits per heavy atom. The van der Waals surface area contributed by atoms with Gasteiger partial charge in [-0.3, -0.25) is 4.79 Å². The number of hydrogen-bond acceptors (Lipinski definition) is 7. The number of rotatable bonds is 6. The fraction of sp³-hybridized carbons (Fsp3) is 0.444. The Labute approximate surface area is 150 Å². The lowest BCUT2D eigenvalue weighted by Crippen LogP contribution is -2.26. The van der Waals surface area contributed by atoms with Crippen molar-refractivity contribution in [2.45, 2.75) is 47.1 Å². The number of H-pyrrole nitrogens is 1. The lowest BCUT2D eigenvalue weighted by molar-refractivity contribution is 0.0314. The van der Waals surface area contributed by atoms with Crippen LogP contribution in [-0.2, 0) is 15.9 Å². The highest BCUT2D eigenvalue weighted by atomic mass is 16.5. The van der Waals surface area contributed by atoms with Crippen molar-refractivity contribution in [1.82, 2.24) is 10.1 Å². The normalized spacial score (nSPS) is 11.9. The molecule has 0 aliphatic rings. The number of aromatic nitrogens is 2. The van der Waals surface area contributed by atoms with E-state index in [0.717, 1.165) is 0 Å². The van der Waals surface area contributed by atoms with E-state index < -0.39 is 23.8 Å². The number of carbonyl (C=O) groups excluding carboxylic acids is 3. The van der Waals surface area contributed by atoms with Gasteiger partial charge in [0.25, 0.3) is 0 Å². The van der Waals surface area contributed by atoms with Gasteiger partial charge in [0.05, 0.1) is 24.1 Å². The van der Waals surface area contributed by atoms with Crippen LogP contribution in [0.4, 0.5) is 0 Å². The number of ketones is 1. The maximum Gasteiger partial charge on any atom is 0.344 e. The van der Waals surface area contributed by atoms with Gasteiger partial charge < -0.3 is 19.0 Å². The third-order valence-corrected chi connectivity index (χ3v) is 4.20. The SMILES string of the molecule is CCc1noc(C)c1C(=O)O[C@@H](C)C(=O)c1[nH]c(C)c(C(=O)OC)c1C. The molecule has 0 spiro atoms. The number of ether oxygens (including phenoxy) is 2. The van der Waals surface area contributed by atoms with Gasteiger partial charge in [0.15, 0.2) is 6.10 Å². The molecule has 0 bridgehead atoms. The number of nitrogens with one attached hydrogen (secondary N) is 1. The van der Waals surface area contributed by atoms with E-state index in [4.69, 9.17) is 14.0 Å². The molecule has 2 aromatic rings. The molecule has 0 saturated carbocycles. The number of aryl methyl sites for hydroxylation is 3.